The Morgan fingerprint density at radius 1 is 1.19 bits per heavy atom. The minimum Gasteiger partial charge on any atom is -0.346 e. The number of hydrogen-bond acceptors (Lipinski definition) is 2. The molecule has 0 aliphatic carbocycles. The van der Waals surface area contributed by atoms with Gasteiger partial charge in [-0.05, 0) is 36.2 Å². The van der Waals surface area contributed by atoms with E-state index in [1.54, 1.807) is 18.2 Å². The highest BCUT2D eigenvalue weighted by atomic mass is 16.2. The largest absolute Gasteiger partial charge is 0.346 e. The zero-order valence-corrected chi connectivity index (χ0v) is 11.7. The Bertz CT molecular complexity index is 695. The minimum atomic E-state index is -0.131. The van der Waals surface area contributed by atoms with Crippen LogP contribution in [-0.2, 0) is 11.2 Å². The summed E-state index contributed by atoms with van der Waals surface area (Å²) in [5.41, 5.74) is 3.31. The predicted molar refractivity (Wildman–Crippen MR) is 81.1 cm³/mol. The number of anilines is 1. The van der Waals surface area contributed by atoms with Gasteiger partial charge in [-0.25, -0.2) is 0 Å². The fourth-order valence-corrected chi connectivity index (χ4v) is 2.48. The van der Waals surface area contributed by atoms with Crippen molar-refractivity contribution in [2.45, 2.75) is 19.4 Å². The third-order valence-electron chi connectivity index (χ3n) is 3.64. The summed E-state index contributed by atoms with van der Waals surface area (Å²) >= 11 is 0. The number of nitrogens with one attached hydrogen (secondary N) is 2. The van der Waals surface area contributed by atoms with Gasteiger partial charge in [-0.3, -0.25) is 9.59 Å². The van der Waals surface area contributed by atoms with Crippen LogP contribution < -0.4 is 10.6 Å². The second-order valence-electron chi connectivity index (χ2n) is 5.20. The van der Waals surface area contributed by atoms with Crippen molar-refractivity contribution in [2.24, 2.45) is 0 Å². The summed E-state index contributed by atoms with van der Waals surface area (Å²) in [7, 11) is 0. The van der Waals surface area contributed by atoms with Crippen LogP contribution in [0.4, 0.5) is 5.69 Å². The molecule has 21 heavy (non-hydrogen) atoms. The highest BCUT2D eigenvalue weighted by molar-refractivity contribution is 6.01. The molecule has 2 amide bonds. The van der Waals surface area contributed by atoms with Crippen molar-refractivity contribution in [3.05, 3.63) is 65.2 Å². The summed E-state index contributed by atoms with van der Waals surface area (Å²) in [6, 6.07) is 15.0. The number of carbonyl (C=O) groups is 2. The quantitative estimate of drug-likeness (QED) is 0.908. The van der Waals surface area contributed by atoms with Gasteiger partial charge in [-0.15, -0.1) is 0 Å². The molecule has 0 aromatic heterocycles. The normalized spacial score (nSPS) is 14.2. The van der Waals surface area contributed by atoms with Crippen molar-refractivity contribution in [2.75, 3.05) is 5.32 Å². The molecule has 2 N–H and O–H groups in total. The van der Waals surface area contributed by atoms with Crippen molar-refractivity contribution >= 4 is 17.5 Å². The van der Waals surface area contributed by atoms with Crippen LogP contribution in [0.25, 0.3) is 0 Å². The van der Waals surface area contributed by atoms with Gasteiger partial charge in [0, 0.05) is 11.3 Å². The van der Waals surface area contributed by atoms with Crippen LogP contribution in [0.5, 0.6) is 0 Å². The number of amides is 2. The maximum Gasteiger partial charge on any atom is 0.251 e. The Labute approximate surface area is 123 Å². The number of rotatable bonds is 3. The molecule has 4 nitrogen and oxygen atoms in total. The fraction of sp³-hybridized carbons (Fsp3) is 0.176. The number of benzene rings is 2. The predicted octanol–water partition coefficient (Wildman–Crippen LogP) is 2.67. The van der Waals surface area contributed by atoms with Gasteiger partial charge in [0.1, 0.15) is 0 Å². The highest BCUT2D eigenvalue weighted by Crippen LogP contribution is 2.24. The number of carbonyl (C=O) groups excluding carboxylic acids is 2. The van der Waals surface area contributed by atoms with Gasteiger partial charge in [0.15, 0.2) is 0 Å². The lowest BCUT2D eigenvalue weighted by Gasteiger charge is -2.14. The van der Waals surface area contributed by atoms with E-state index < -0.39 is 0 Å². The lowest BCUT2D eigenvalue weighted by Crippen LogP contribution is -2.26. The van der Waals surface area contributed by atoms with Crippen LogP contribution in [0, 0.1) is 0 Å². The summed E-state index contributed by atoms with van der Waals surface area (Å²) in [5, 5.41) is 5.73. The van der Waals surface area contributed by atoms with Crippen LogP contribution in [0.2, 0.25) is 0 Å². The summed E-state index contributed by atoms with van der Waals surface area (Å²) in [6.07, 6.45) is 0.338. The van der Waals surface area contributed by atoms with Crippen molar-refractivity contribution in [1.29, 1.82) is 0 Å². The molecule has 2 aromatic carbocycles. The zero-order chi connectivity index (χ0) is 14.8. The average molecular weight is 280 g/mol. The Morgan fingerprint density at radius 2 is 1.95 bits per heavy atom. The molecule has 3 rings (SSSR count). The Morgan fingerprint density at radius 3 is 2.71 bits per heavy atom. The third kappa shape index (κ3) is 2.79. The summed E-state index contributed by atoms with van der Waals surface area (Å²) < 4.78 is 0. The number of fused-ring (bicyclic) bond motifs is 1. The van der Waals surface area contributed by atoms with E-state index in [-0.39, 0.29) is 17.9 Å². The van der Waals surface area contributed by atoms with Gasteiger partial charge >= 0.3 is 0 Å². The molecule has 1 aliphatic heterocycles. The second-order valence-corrected chi connectivity index (χ2v) is 5.20. The molecule has 0 fully saturated rings. The Kier molecular flexibility index (Phi) is 3.44. The van der Waals surface area contributed by atoms with E-state index >= 15 is 0 Å². The van der Waals surface area contributed by atoms with Gasteiger partial charge in [0.2, 0.25) is 5.91 Å². The molecule has 2 aromatic rings. The van der Waals surface area contributed by atoms with E-state index in [2.05, 4.69) is 10.6 Å². The first-order chi connectivity index (χ1) is 10.1. The Hall–Kier alpha value is -2.62. The molecular formula is C17H16N2O2. The SMILES string of the molecule is C[C@H](NC(=O)c1ccc2c(c1)CC(=O)N2)c1ccccc1. The molecule has 0 saturated heterocycles. The monoisotopic (exact) mass is 280 g/mol. The molecule has 0 unspecified atom stereocenters. The van der Waals surface area contributed by atoms with Gasteiger partial charge in [0.05, 0.1) is 12.5 Å². The van der Waals surface area contributed by atoms with Crippen molar-refractivity contribution in [3.63, 3.8) is 0 Å². The molecule has 1 heterocycles. The van der Waals surface area contributed by atoms with E-state index in [1.165, 1.54) is 0 Å². The standard InChI is InChI=1S/C17H16N2O2/c1-11(12-5-3-2-4-6-12)18-17(21)13-7-8-15-14(9-13)10-16(20)19-15/h2-9,11H,10H2,1H3,(H,18,21)(H,19,20)/t11-/m0/s1. The average Bonchev–Trinajstić information content (AvgIpc) is 2.87. The Balaban J connectivity index is 1.74. The van der Waals surface area contributed by atoms with Crippen LogP contribution >= 0.6 is 0 Å². The third-order valence-corrected chi connectivity index (χ3v) is 3.64. The van der Waals surface area contributed by atoms with E-state index in [9.17, 15) is 9.59 Å². The first-order valence-electron chi connectivity index (χ1n) is 6.92. The minimum absolute atomic E-state index is 0.0276. The van der Waals surface area contributed by atoms with Gasteiger partial charge in [0.25, 0.3) is 5.91 Å². The molecule has 0 radical (unpaired) electrons. The van der Waals surface area contributed by atoms with Gasteiger partial charge < -0.3 is 10.6 Å². The zero-order valence-electron chi connectivity index (χ0n) is 11.7. The fourth-order valence-electron chi connectivity index (χ4n) is 2.48. The molecule has 106 valence electrons. The molecular weight excluding hydrogens is 264 g/mol. The van der Waals surface area contributed by atoms with Crippen molar-refractivity contribution in [3.8, 4) is 0 Å². The first-order valence-corrected chi connectivity index (χ1v) is 6.92. The van der Waals surface area contributed by atoms with E-state index in [0.29, 0.717) is 12.0 Å². The smallest absolute Gasteiger partial charge is 0.251 e. The van der Waals surface area contributed by atoms with Crippen molar-refractivity contribution in [1.82, 2.24) is 5.32 Å². The maximum absolute atomic E-state index is 12.3. The summed E-state index contributed by atoms with van der Waals surface area (Å²) in [6.45, 7) is 1.95. The van der Waals surface area contributed by atoms with Gasteiger partial charge in [-0.1, -0.05) is 30.3 Å². The molecule has 0 bridgehead atoms. The van der Waals surface area contributed by atoms with Gasteiger partial charge in [-0.2, -0.15) is 0 Å². The molecule has 4 heteroatoms. The topological polar surface area (TPSA) is 58.2 Å². The molecule has 0 spiro atoms. The van der Waals surface area contributed by atoms with Crippen LogP contribution in [0.3, 0.4) is 0 Å². The van der Waals surface area contributed by atoms with Crippen LogP contribution in [-0.4, -0.2) is 11.8 Å². The lowest BCUT2D eigenvalue weighted by molar-refractivity contribution is -0.115. The maximum atomic E-state index is 12.3. The van der Waals surface area contributed by atoms with E-state index in [0.717, 1.165) is 16.8 Å². The lowest BCUT2D eigenvalue weighted by atomic mass is 10.1. The highest BCUT2D eigenvalue weighted by Gasteiger charge is 2.19. The molecule has 0 saturated carbocycles. The van der Waals surface area contributed by atoms with Crippen LogP contribution in [0.15, 0.2) is 48.5 Å². The second kappa shape index (κ2) is 5.40. The summed E-state index contributed by atoms with van der Waals surface area (Å²) in [4.78, 5) is 23.6. The van der Waals surface area contributed by atoms with Crippen molar-refractivity contribution < 1.29 is 9.59 Å². The molecule has 1 atom stereocenters. The number of hydrogen-bond donors (Lipinski definition) is 2. The molecule has 1 aliphatic rings. The summed E-state index contributed by atoms with van der Waals surface area (Å²) in [5.74, 6) is -0.159. The first kappa shape index (κ1) is 13.4. The van der Waals surface area contributed by atoms with E-state index in [4.69, 9.17) is 0 Å². The van der Waals surface area contributed by atoms with Crippen LogP contribution in [0.1, 0.15) is 34.5 Å². The van der Waals surface area contributed by atoms with E-state index in [1.807, 2.05) is 37.3 Å².